The van der Waals surface area contributed by atoms with Crippen LogP contribution in [0.2, 0.25) is 0 Å². The van der Waals surface area contributed by atoms with Crippen molar-refractivity contribution >= 4 is 17.0 Å². The lowest BCUT2D eigenvalue weighted by molar-refractivity contribution is 0.138. The smallest absolute Gasteiger partial charge is 0.407 e. The van der Waals surface area contributed by atoms with Gasteiger partial charge in [0.1, 0.15) is 6.61 Å². The molecule has 0 aliphatic heterocycles. The van der Waals surface area contributed by atoms with Crippen molar-refractivity contribution < 1.29 is 13.9 Å². The van der Waals surface area contributed by atoms with Crippen molar-refractivity contribution in [2.75, 3.05) is 0 Å². The van der Waals surface area contributed by atoms with Gasteiger partial charge in [-0.1, -0.05) is 48.5 Å². The molecule has 0 atom stereocenters. The van der Waals surface area contributed by atoms with Gasteiger partial charge in [-0.15, -0.1) is 0 Å². The molecule has 0 fully saturated rings. The molecule has 6 heteroatoms. The molecule has 2 aromatic carbocycles. The number of fused-ring (bicyclic) bond motifs is 1. The molecule has 0 saturated carbocycles. The van der Waals surface area contributed by atoms with E-state index in [0.29, 0.717) is 11.7 Å². The number of aromatic nitrogens is 2. The number of nitrogens with zero attached hydrogens (tertiary/aromatic N) is 1. The zero-order valence-electron chi connectivity index (χ0n) is 13.9. The number of alkyl carbamates (subject to hydrolysis) is 1. The fourth-order valence-electron chi connectivity index (χ4n) is 2.71. The van der Waals surface area contributed by atoms with Crippen molar-refractivity contribution in [1.82, 2.24) is 15.3 Å². The first-order chi connectivity index (χ1) is 12.8. The van der Waals surface area contributed by atoms with Crippen LogP contribution in [0.25, 0.3) is 22.2 Å². The highest BCUT2D eigenvalue weighted by atomic mass is 16.5. The number of carbonyl (C=O) groups is 1. The number of rotatable bonds is 5. The molecule has 0 spiro atoms. The maximum absolute atomic E-state index is 11.8. The summed E-state index contributed by atoms with van der Waals surface area (Å²) in [5, 5.41) is 3.70. The minimum Gasteiger partial charge on any atom is -0.445 e. The van der Waals surface area contributed by atoms with Gasteiger partial charge in [0, 0.05) is 22.7 Å². The Morgan fingerprint density at radius 3 is 2.81 bits per heavy atom. The number of para-hydroxylation sites is 1. The predicted molar refractivity (Wildman–Crippen MR) is 97.3 cm³/mol. The number of benzene rings is 2. The van der Waals surface area contributed by atoms with Gasteiger partial charge in [0.05, 0.1) is 12.7 Å². The molecule has 2 heterocycles. The molecule has 0 aliphatic rings. The molecule has 0 radical (unpaired) electrons. The molecule has 4 rings (SSSR count). The fraction of sp³-hybridized carbons (Fsp3) is 0.100. The van der Waals surface area contributed by atoms with E-state index in [1.807, 2.05) is 60.8 Å². The average molecular weight is 347 g/mol. The van der Waals surface area contributed by atoms with E-state index in [4.69, 9.17) is 9.15 Å². The fourth-order valence-corrected chi connectivity index (χ4v) is 2.71. The van der Waals surface area contributed by atoms with E-state index < -0.39 is 6.09 Å². The summed E-state index contributed by atoms with van der Waals surface area (Å²) in [5.74, 6) is 1.07. The average Bonchev–Trinajstić information content (AvgIpc) is 3.32. The third-order valence-corrected chi connectivity index (χ3v) is 4.00. The molecular formula is C20H17N3O3. The number of amides is 1. The van der Waals surface area contributed by atoms with Gasteiger partial charge in [-0.3, -0.25) is 0 Å². The van der Waals surface area contributed by atoms with Crippen LogP contribution in [0.5, 0.6) is 0 Å². The molecule has 2 N–H and O–H groups in total. The molecule has 1 amide bonds. The van der Waals surface area contributed by atoms with Crippen molar-refractivity contribution in [3.05, 3.63) is 78.4 Å². The summed E-state index contributed by atoms with van der Waals surface area (Å²) in [4.78, 5) is 19.2. The SMILES string of the molecule is O=C(NCc1ncc(-c2c[nH]c3ccccc23)o1)OCc1ccccc1. The number of oxazole rings is 1. The second-order valence-electron chi connectivity index (χ2n) is 5.78. The van der Waals surface area contributed by atoms with E-state index in [9.17, 15) is 4.79 Å². The highest BCUT2D eigenvalue weighted by Gasteiger charge is 2.12. The Hall–Kier alpha value is -3.54. The molecule has 0 saturated heterocycles. The number of hydrogen-bond acceptors (Lipinski definition) is 4. The van der Waals surface area contributed by atoms with Crippen molar-refractivity contribution in [1.29, 1.82) is 0 Å². The van der Waals surface area contributed by atoms with Gasteiger partial charge in [0.15, 0.2) is 5.76 Å². The zero-order chi connectivity index (χ0) is 17.8. The Bertz CT molecular complexity index is 1020. The molecule has 6 nitrogen and oxygen atoms in total. The number of aromatic amines is 1. The highest BCUT2D eigenvalue weighted by molar-refractivity contribution is 5.93. The number of carbonyl (C=O) groups excluding carboxylic acids is 1. The largest absolute Gasteiger partial charge is 0.445 e. The predicted octanol–water partition coefficient (Wildman–Crippen LogP) is 4.25. The van der Waals surface area contributed by atoms with Gasteiger partial charge < -0.3 is 19.5 Å². The lowest BCUT2D eigenvalue weighted by Crippen LogP contribution is -2.23. The second-order valence-corrected chi connectivity index (χ2v) is 5.78. The first-order valence-electron chi connectivity index (χ1n) is 8.25. The highest BCUT2D eigenvalue weighted by Crippen LogP contribution is 2.28. The molecule has 0 unspecified atom stereocenters. The first-order valence-corrected chi connectivity index (χ1v) is 8.25. The van der Waals surface area contributed by atoms with Crippen LogP contribution in [0.4, 0.5) is 4.79 Å². The number of nitrogens with one attached hydrogen (secondary N) is 2. The van der Waals surface area contributed by atoms with Gasteiger partial charge in [0.2, 0.25) is 5.89 Å². The van der Waals surface area contributed by atoms with Gasteiger partial charge in [-0.25, -0.2) is 9.78 Å². The zero-order valence-corrected chi connectivity index (χ0v) is 13.9. The topological polar surface area (TPSA) is 80.2 Å². The minimum absolute atomic E-state index is 0.163. The molecule has 0 aliphatic carbocycles. The van der Waals surface area contributed by atoms with Crippen molar-refractivity contribution in [2.45, 2.75) is 13.2 Å². The maximum Gasteiger partial charge on any atom is 0.407 e. The van der Waals surface area contributed by atoms with E-state index in [1.54, 1.807) is 6.20 Å². The van der Waals surface area contributed by atoms with Crippen LogP contribution in [-0.4, -0.2) is 16.1 Å². The summed E-state index contributed by atoms with van der Waals surface area (Å²) in [6, 6.07) is 17.5. The molecule has 4 aromatic rings. The summed E-state index contributed by atoms with van der Waals surface area (Å²) in [6.07, 6.45) is 3.03. The van der Waals surface area contributed by atoms with Crippen LogP contribution in [0.15, 0.2) is 71.4 Å². The van der Waals surface area contributed by atoms with Gasteiger partial charge >= 0.3 is 6.09 Å². The Morgan fingerprint density at radius 2 is 1.92 bits per heavy atom. The maximum atomic E-state index is 11.8. The van der Waals surface area contributed by atoms with Crippen LogP contribution >= 0.6 is 0 Å². The van der Waals surface area contributed by atoms with Crippen LogP contribution in [-0.2, 0) is 17.9 Å². The van der Waals surface area contributed by atoms with E-state index in [1.165, 1.54) is 0 Å². The van der Waals surface area contributed by atoms with E-state index >= 15 is 0 Å². The first kappa shape index (κ1) is 16.0. The second kappa shape index (κ2) is 7.14. The number of hydrogen-bond donors (Lipinski definition) is 2. The van der Waals surface area contributed by atoms with Crippen LogP contribution in [0, 0.1) is 0 Å². The Morgan fingerprint density at radius 1 is 1.12 bits per heavy atom. The van der Waals surface area contributed by atoms with Gasteiger partial charge in [-0.05, 0) is 11.6 Å². The lowest BCUT2D eigenvalue weighted by atomic mass is 10.1. The van der Waals surface area contributed by atoms with Crippen molar-refractivity contribution in [2.24, 2.45) is 0 Å². The molecule has 0 bridgehead atoms. The van der Waals surface area contributed by atoms with Crippen LogP contribution < -0.4 is 5.32 Å². The van der Waals surface area contributed by atoms with Crippen molar-refractivity contribution in [3.63, 3.8) is 0 Å². The minimum atomic E-state index is -0.513. The Balaban J connectivity index is 1.36. The summed E-state index contributed by atoms with van der Waals surface area (Å²) in [7, 11) is 0. The summed E-state index contributed by atoms with van der Waals surface area (Å²) >= 11 is 0. The monoisotopic (exact) mass is 347 g/mol. The Labute approximate surface area is 149 Å². The number of ether oxygens (including phenoxy) is 1. The van der Waals surface area contributed by atoms with Crippen LogP contribution in [0.3, 0.4) is 0 Å². The molecular weight excluding hydrogens is 330 g/mol. The molecule has 26 heavy (non-hydrogen) atoms. The summed E-state index contributed by atoms with van der Waals surface area (Å²) in [5.41, 5.74) is 2.90. The lowest BCUT2D eigenvalue weighted by Gasteiger charge is -2.05. The molecule has 130 valence electrons. The standard InChI is InChI=1S/C20H17N3O3/c24-20(25-13-14-6-2-1-3-7-14)23-12-19-22-11-18(26-19)16-10-21-17-9-5-4-8-15(16)17/h1-11,21H,12-13H2,(H,23,24). The van der Waals surface area contributed by atoms with E-state index in [0.717, 1.165) is 22.0 Å². The number of H-pyrrole nitrogens is 1. The quantitative estimate of drug-likeness (QED) is 0.565. The van der Waals surface area contributed by atoms with E-state index in [2.05, 4.69) is 15.3 Å². The third-order valence-electron chi connectivity index (χ3n) is 4.00. The summed E-state index contributed by atoms with van der Waals surface area (Å²) in [6.45, 7) is 0.384. The third kappa shape index (κ3) is 3.44. The summed E-state index contributed by atoms with van der Waals surface area (Å²) < 4.78 is 10.9. The van der Waals surface area contributed by atoms with Gasteiger partial charge in [0.25, 0.3) is 0 Å². The van der Waals surface area contributed by atoms with Gasteiger partial charge in [-0.2, -0.15) is 0 Å². The van der Waals surface area contributed by atoms with Crippen LogP contribution in [0.1, 0.15) is 11.5 Å². The van der Waals surface area contributed by atoms with Crippen molar-refractivity contribution in [3.8, 4) is 11.3 Å². The molecule has 2 aromatic heterocycles. The van der Waals surface area contributed by atoms with E-state index in [-0.39, 0.29) is 13.2 Å². The normalized spacial score (nSPS) is 10.8. The Kier molecular flexibility index (Phi) is 4.38.